The highest BCUT2D eigenvalue weighted by molar-refractivity contribution is 5.77. The van der Waals surface area contributed by atoms with Crippen LogP contribution in [0.3, 0.4) is 0 Å². The van der Waals surface area contributed by atoms with Crippen LogP contribution in [0, 0.1) is 17.3 Å². The Kier molecular flexibility index (Phi) is 3.38. The van der Waals surface area contributed by atoms with E-state index in [0.717, 1.165) is 0 Å². The number of nitrogens with zero attached hydrogens (tertiary/aromatic N) is 1. The fourth-order valence-electron chi connectivity index (χ4n) is 3.18. The fraction of sp³-hybridized carbons (Fsp3) is 0.867. The Morgan fingerprint density at radius 2 is 1.65 bits per heavy atom. The summed E-state index contributed by atoms with van der Waals surface area (Å²) >= 11 is 0. The number of aliphatic carboxylic acids is 1. The van der Waals surface area contributed by atoms with Crippen molar-refractivity contribution in [3.05, 3.63) is 0 Å². The van der Waals surface area contributed by atoms with Crippen LogP contribution in [-0.4, -0.2) is 41.1 Å². The molecule has 0 radical (unpaired) electrons. The SMILES string of the molecule is CC1(C(=O)O)CCN(C(=O)NC(C2CC2)C2CC2)CC1. The van der Waals surface area contributed by atoms with Gasteiger partial charge in [-0.2, -0.15) is 0 Å². The second-order valence-corrected chi connectivity index (χ2v) is 7.00. The van der Waals surface area contributed by atoms with Gasteiger partial charge in [0.2, 0.25) is 0 Å². The molecule has 2 N–H and O–H groups in total. The molecule has 3 fully saturated rings. The summed E-state index contributed by atoms with van der Waals surface area (Å²) in [6.45, 7) is 2.88. The maximum Gasteiger partial charge on any atom is 0.317 e. The molecule has 3 rings (SSSR count). The van der Waals surface area contributed by atoms with Crippen molar-refractivity contribution >= 4 is 12.0 Å². The van der Waals surface area contributed by atoms with Crippen LogP contribution in [0.1, 0.15) is 45.4 Å². The molecule has 0 aromatic carbocycles. The van der Waals surface area contributed by atoms with E-state index in [4.69, 9.17) is 0 Å². The minimum atomic E-state index is -0.744. The molecule has 2 saturated carbocycles. The van der Waals surface area contributed by atoms with Crippen LogP contribution in [0.4, 0.5) is 4.79 Å². The smallest absolute Gasteiger partial charge is 0.317 e. The molecule has 112 valence electrons. The number of carbonyl (C=O) groups is 2. The normalized spacial score (nSPS) is 25.6. The molecule has 0 bridgehead atoms. The molecule has 5 nitrogen and oxygen atoms in total. The van der Waals surface area contributed by atoms with E-state index in [9.17, 15) is 14.7 Å². The van der Waals surface area contributed by atoms with Crippen LogP contribution < -0.4 is 5.32 Å². The number of urea groups is 1. The van der Waals surface area contributed by atoms with Gasteiger partial charge in [-0.05, 0) is 57.3 Å². The number of rotatable bonds is 4. The topological polar surface area (TPSA) is 69.6 Å². The lowest BCUT2D eigenvalue weighted by Crippen LogP contribution is -2.51. The molecule has 1 saturated heterocycles. The van der Waals surface area contributed by atoms with E-state index in [1.165, 1.54) is 25.7 Å². The number of carbonyl (C=O) groups excluding carboxylic acids is 1. The molecule has 1 heterocycles. The lowest BCUT2D eigenvalue weighted by Gasteiger charge is -2.37. The monoisotopic (exact) mass is 280 g/mol. The van der Waals surface area contributed by atoms with E-state index in [1.54, 1.807) is 11.8 Å². The van der Waals surface area contributed by atoms with Crippen molar-refractivity contribution in [2.75, 3.05) is 13.1 Å². The van der Waals surface area contributed by atoms with Gasteiger partial charge in [-0.3, -0.25) is 4.79 Å². The van der Waals surface area contributed by atoms with E-state index in [1.807, 2.05) is 0 Å². The van der Waals surface area contributed by atoms with Gasteiger partial charge in [-0.1, -0.05) is 0 Å². The first kappa shape index (κ1) is 13.7. The molecule has 0 spiro atoms. The number of amides is 2. The number of carboxylic acids is 1. The summed E-state index contributed by atoms with van der Waals surface area (Å²) in [5, 5.41) is 12.4. The summed E-state index contributed by atoms with van der Waals surface area (Å²) in [6.07, 6.45) is 6.09. The summed E-state index contributed by atoms with van der Waals surface area (Å²) in [6, 6.07) is 0.386. The zero-order valence-electron chi connectivity index (χ0n) is 12.1. The highest BCUT2D eigenvalue weighted by Gasteiger charge is 2.43. The van der Waals surface area contributed by atoms with Gasteiger partial charge in [0, 0.05) is 19.1 Å². The lowest BCUT2D eigenvalue weighted by molar-refractivity contribution is -0.150. The number of hydrogen-bond donors (Lipinski definition) is 2. The number of hydrogen-bond acceptors (Lipinski definition) is 2. The molecule has 1 aliphatic heterocycles. The Labute approximate surface area is 119 Å². The van der Waals surface area contributed by atoms with Crippen molar-refractivity contribution in [3.8, 4) is 0 Å². The Balaban J connectivity index is 1.52. The summed E-state index contributed by atoms with van der Waals surface area (Å²) < 4.78 is 0. The van der Waals surface area contributed by atoms with Crippen LogP contribution >= 0.6 is 0 Å². The van der Waals surface area contributed by atoms with Crippen molar-refractivity contribution in [1.82, 2.24) is 10.2 Å². The van der Waals surface area contributed by atoms with Gasteiger partial charge < -0.3 is 15.3 Å². The van der Waals surface area contributed by atoms with E-state index >= 15 is 0 Å². The van der Waals surface area contributed by atoms with Crippen LogP contribution in [-0.2, 0) is 4.79 Å². The van der Waals surface area contributed by atoms with Crippen molar-refractivity contribution in [2.24, 2.45) is 17.3 Å². The van der Waals surface area contributed by atoms with E-state index < -0.39 is 11.4 Å². The van der Waals surface area contributed by atoms with Gasteiger partial charge in [0.05, 0.1) is 5.41 Å². The Morgan fingerprint density at radius 1 is 1.15 bits per heavy atom. The molecule has 20 heavy (non-hydrogen) atoms. The number of nitrogens with one attached hydrogen (secondary N) is 1. The largest absolute Gasteiger partial charge is 0.481 e. The summed E-state index contributed by atoms with van der Waals surface area (Å²) in [4.78, 5) is 25.3. The van der Waals surface area contributed by atoms with Gasteiger partial charge >= 0.3 is 12.0 Å². The Morgan fingerprint density at radius 3 is 2.05 bits per heavy atom. The summed E-state index contributed by atoms with van der Waals surface area (Å²) in [5.41, 5.74) is -0.664. The molecule has 2 amide bonds. The first-order chi connectivity index (χ1) is 9.49. The molecule has 5 heteroatoms. The van der Waals surface area contributed by atoms with Crippen molar-refractivity contribution in [2.45, 2.75) is 51.5 Å². The average molecular weight is 280 g/mol. The molecule has 2 aliphatic carbocycles. The first-order valence-corrected chi connectivity index (χ1v) is 7.78. The van der Waals surface area contributed by atoms with Crippen LogP contribution in [0.25, 0.3) is 0 Å². The van der Waals surface area contributed by atoms with Gasteiger partial charge in [-0.15, -0.1) is 0 Å². The summed E-state index contributed by atoms with van der Waals surface area (Å²) in [7, 11) is 0. The van der Waals surface area contributed by atoms with E-state index in [2.05, 4.69) is 5.32 Å². The first-order valence-electron chi connectivity index (χ1n) is 7.78. The zero-order valence-corrected chi connectivity index (χ0v) is 12.1. The van der Waals surface area contributed by atoms with Crippen LogP contribution in [0.2, 0.25) is 0 Å². The molecule has 3 aliphatic rings. The molecule has 0 aromatic rings. The van der Waals surface area contributed by atoms with Gasteiger partial charge in [0.25, 0.3) is 0 Å². The molecule has 0 atom stereocenters. The average Bonchev–Trinajstić information content (AvgIpc) is 3.29. The Hall–Kier alpha value is -1.26. The van der Waals surface area contributed by atoms with Gasteiger partial charge in [0.1, 0.15) is 0 Å². The van der Waals surface area contributed by atoms with Gasteiger partial charge in [0.15, 0.2) is 0 Å². The van der Waals surface area contributed by atoms with E-state index in [-0.39, 0.29) is 6.03 Å². The zero-order chi connectivity index (χ0) is 14.3. The molecular formula is C15H24N2O3. The number of piperidine rings is 1. The Bertz CT molecular complexity index is 395. The van der Waals surface area contributed by atoms with Crippen molar-refractivity contribution < 1.29 is 14.7 Å². The molecule has 0 unspecified atom stereocenters. The third-order valence-electron chi connectivity index (χ3n) is 5.22. The van der Waals surface area contributed by atoms with Crippen molar-refractivity contribution in [1.29, 1.82) is 0 Å². The lowest BCUT2D eigenvalue weighted by atomic mass is 9.80. The third kappa shape index (κ3) is 2.76. The quantitative estimate of drug-likeness (QED) is 0.828. The second kappa shape index (κ2) is 4.93. The minimum absolute atomic E-state index is 0.0150. The van der Waals surface area contributed by atoms with Crippen LogP contribution in [0.15, 0.2) is 0 Å². The van der Waals surface area contributed by atoms with E-state index in [0.29, 0.717) is 43.8 Å². The summed E-state index contributed by atoms with van der Waals surface area (Å²) in [5.74, 6) is 0.646. The fourth-order valence-corrected chi connectivity index (χ4v) is 3.18. The predicted molar refractivity (Wildman–Crippen MR) is 74.3 cm³/mol. The highest BCUT2D eigenvalue weighted by atomic mass is 16.4. The molecular weight excluding hydrogens is 256 g/mol. The minimum Gasteiger partial charge on any atom is -0.481 e. The standard InChI is InChI=1S/C15H24N2O3/c1-15(13(18)19)6-8-17(9-7-15)14(20)16-12(10-2-3-10)11-4-5-11/h10-12H,2-9H2,1H3,(H,16,20)(H,18,19). The maximum atomic E-state index is 12.3. The molecule has 0 aromatic heterocycles. The number of carboxylic acid groups (broad SMARTS) is 1. The predicted octanol–water partition coefficient (Wildman–Crippen LogP) is 2.07. The highest BCUT2D eigenvalue weighted by Crippen LogP contribution is 2.44. The van der Waals surface area contributed by atoms with Crippen molar-refractivity contribution in [3.63, 3.8) is 0 Å². The van der Waals surface area contributed by atoms with Gasteiger partial charge in [-0.25, -0.2) is 4.79 Å². The van der Waals surface area contributed by atoms with Crippen LogP contribution in [0.5, 0.6) is 0 Å². The third-order valence-corrected chi connectivity index (χ3v) is 5.22. The second-order valence-electron chi connectivity index (χ2n) is 7.00. The number of likely N-dealkylation sites (tertiary alicyclic amines) is 1. The maximum absolute atomic E-state index is 12.3.